The van der Waals surface area contributed by atoms with Crippen LogP contribution in [-0.4, -0.2) is 31.1 Å². The standard InChI is InChI=1S/C14H19N3/c1-11-4-3-5-12(10-15)14(11)16-13-6-8-17(2)9-7-13/h3-5,13,16H,6-9H2,1-2H3. The highest BCUT2D eigenvalue weighted by Crippen LogP contribution is 2.23. The molecule has 1 heterocycles. The summed E-state index contributed by atoms with van der Waals surface area (Å²) in [5.41, 5.74) is 2.93. The fourth-order valence-corrected chi connectivity index (χ4v) is 2.31. The second-order valence-corrected chi connectivity index (χ2v) is 4.83. The quantitative estimate of drug-likeness (QED) is 0.846. The molecule has 0 atom stereocenters. The van der Waals surface area contributed by atoms with Crippen LogP contribution in [0.4, 0.5) is 5.69 Å². The van der Waals surface area contributed by atoms with Gasteiger partial charge in [-0.15, -0.1) is 0 Å². The van der Waals surface area contributed by atoms with Crippen LogP contribution < -0.4 is 5.32 Å². The van der Waals surface area contributed by atoms with E-state index in [0.29, 0.717) is 6.04 Å². The number of likely N-dealkylation sites (tertiary alicyclic amines) is 1. The molecule has 0 spiro atoms. The van der Waals surface area contributed by atoms with Crippen molar-refractivity contribution < 1.29 is 0 Å². The van der Waals surface area contributed by atoms with Gasteiger partial charge in [0.15, 0.2) is 0 Å². The maximum atomic E-state index is 9.12. The first-order valence-corrected chi connectivity index (χ1v) is 6.15. The summed E-state index contributed by atoms with van der Waals surface area (Å²) < 4.78 is 0. The van der Waals surface area contributed by atoms with E-state index >= 15 is 0 Å². The summed E-state index contributed by atoms with van der Waals surface area (Å²) in [6.07, 6.45) is 2.30. The summed E-state index contributed by atoms with van der Waals surface area (Å²) in [5, 5.41) is 12.7. The first-order chi connectivity index (χ1) is 8.20. The zero-order valence-electron chi connectivity index (χ0n) is 10.5. The lowest BCUT2D eigenvalue weighted by Gasteiger charge is -2.30. The molecule has 0 radical (unpaired) electrons. The third-order valence-electron chi connectivity index (χ3n) is 3.46. The van der Waals surface area contributed by atoms with Crippen molar-refractivity contribution in [3.63, 3.8) is 0 Å². The highest BCUT2D eigenvalue weighted by molar-refractivity contribution is 5.62. The third-order valence-corrected chi connectivity index (χ3v) is 3.46. The molecule has 1 aromatic carbocycles. The first kappa shape index (κ1) is 11.9. The Morgan fingerprint density at radius 2 is 2.06 bits per heavy atom. The summed E-state index contributed by atoms with van der Waals surface area (Å²) >= 11 is 0. The molecule has 1 N–H and O–H groups in total. The van der Waals surface area contributed by atoms with Gasteiger partial charge >= 0.3 is 0 Å². The van der Waals surface area contributed by atoms with Crippen molar-refractivity contribution in [3.05, 3.63) is 29.3 Å². The molecule has 0 amide bonds. The van der Waals surface area contributed by atoms with Gasteiger partial charge in [-0.2, -0.15) is 5.26 Å². The van der Waals surface area contributed by atoms with E-state index in [2.05, 4.69) is 36.3 Å². The Balaban J connectivity index is 2.11. The van der Waals surface area contributed by atoms with Gasteiger partial charge in [-0.25, -0.2) is 0 Å². The van der Waals surface area contributed by atoms with Gasteiger partial charge in [-0.1, -0.05) is 12.1 Å². The van der Waals surface area contributed by atoms with Crippen molar-refractivity contribution in [1.29, 1.82) is 5.26 Å². The van der Waals surface area contributed by atoms with Crippen LogP contribution in [0.3, 0.4) is 0 Å². The van der Waals surface area contributed by atoms with Crippen molar-refractivity contribution in [1.82, 2.24) is 4.90 Å². The molecule has 1 aliphatic heterocycles. The number of aryl methyl sites for hydroxylation is 1. The number of benzene rings is 1. The number of hydrogen-bond donors (Lipinski definition) is 1. The number of para-hydroxylation sites is 1. The molecular weight excluding hydrogens is 210 g/mol. The van der Waals surface area contributed by atoms with Crippen LogP contribution in [0.15, 0.2) is 18.2 Å². The molecule has 3 nitrogen and oxygen atoms in total. The van der Waals surface area contributed by atoms with Gasteiger partial charge in [0.1, 0.15) is 6.07 Å². The van der Waals surface area contributed by atoms with Gasteiger partial charge in [0.2, 0.25) is 0 Å². The molecule has 1 fully saturated rings. The van der Waals surface area contributed by atoms with Crippen molar-refractivity contribution in [3.8, 4) is 6.07 Å². The average molecular weight is 229 g/mol. The second kappa shape index (κ2) is 5.20. The second-order valence-electron chi connectivity index (χ2n) is 4.83. The molecule has 1 saturated heterocycles. The van der Waals surface area contributed by atoms with Crippen LogP contribution in [0.2, 0.25) is 0 Å². The normalized spacial score (nSPS) is 17.7. The zero-order valence-corrected chi connectivity index (χ0v) is 10.5. The number of nitrogens with one attached hydrogen (secondary N) is 1. The van der Waals surface area contributed by atoms with Gasteiger partial charge in [-0.3, -0.25) is 0 Å². The lowest BCUT2D eigenvalue weighted by molar-refractivity contribution is 0.264. The van der Waals surface area contributed by atoms with E-state index in [1.54, 1.807) is 0 Å². The molecule has 0 saturated carbocycles. The molecule has 1 aromatic rings. The van der Waals surface area contributed by atoms with Crippen LogP contribution in [0.5, 0.6) is 0 Å². The van der Waals surface area contributed by atoms with Crippen molar-refractivity contribution in [2.24, 2.45) is 0 Å². The molecule has 0 aromatic heterocycles. The Labute approximate surface area is 103 Å². The highest BCUT2D eigenvalue weighted by atomic mass is 15.1. The van der Waals surface area contributed by atoms with Gasteiger partial charge in [0.25, 0.3) is 0 Å². The summed E-state index contributed by atoms with van der Waals surface area (Å²) in [4.78, 5) is 2.35. The monoisotopic (exact) mass is 229 g/mol. The molecule has 2 rings (SSSR count). The fraction of sp³-hybridized carbons (Fsp3) is 0.500. The van der Waals surface area contributed by atoms with E-state index in [0.717, 1.165) is 42.7 Å². The maximum absolute atomic E-state index is 9.12. The number of nitrogens with zero attached hydrogens (tertiary/aromatic N) is 2. The molecule has 17 heavy (non-hydrogen) atoms. The zero-order chi connectivity index (χ0) is 12.3. The van der Waals surface area contributed by atoms with Crippen molar-refractivity contribution >= 4 is 5.69 Å². The summed E-state index contributed by atoms with van der Waals surface area (Å²) in [6, 6.07) is 8.63. The average Bonchev–Trinajstić information content (AvgIpc) is 2.34. The summed E-state index contributed by atoms with van der Waals surface area (Å²) in [7, 11) is 2.16. The van der Waals surface area contributed by atoms with Gasteiger partial charge < -0.3 is 10.2 Å². The van der Waals surface area contributed by atoms with Gasteiger partial charge in [0, 0.05) is 6.04 Å². The largest absolute Gasteiger partial charge is 0.381 e. The summed E-state index contributed by atoms with van der Waals surface area (Å²) in [5.74, 6) is 0. The number of nitriles is 1. The fourth-order valence-electron chi connectivity index (χ4n) is 2.31. The molecule has 0 bridgehead atoms. The van der Waals surface area contributed by atoms with E-state index in [1.807, 2.05) is 12.1 Å². The smallest absolute Gasteiger partial charge is 0.101 e. The molecule has 0 aliphatic carbocycles. The number of hydrogen-bond acceptors (Lipinski definition) is 3. The Bertz CT molecular complexity index is 426. The van der Waals surface area contributed by atoms with Crippen LogP contribution in [0, 0.1) is 18.3 Å². The number of rotatable bonds is 2. The Morgan fingerprint density at radius 3 is 2.71 bits per heavy atom. The minimum atomic E-state index is 0.499. The molecule has 90 valence electrons. The van der Waals surface area contributed by atoms with E-state index in [4.69, 9.17) is 5.26 Å². The topological polar surface area (TPSA) is 39.1 Å². The van der Waals surface area contributed by atoms with E-state index in [9.17, 15) is 0 Å². The SMILES string of the molecule is Cc1cccc(C#N)c1NC1CCN(C)CC1. The minimum absolute atomic E-state index is 0.499. The van der Waals surface area contributed by atoms with Crippen LogP contribution in [0.1, 0.15) is 24.0 Å². The predicted molar refractivity (Wildman–Crippen MR) is 70.0 cm³/mol. The molecule has 1 aliphatic rings. The number of piperidine rings is 1. The van der Waals surface area contributed by atoms with Crippen molar-refractivity contribution in [2.45, 2.75) is 25.8 Å². The lowest BCUT2D eigenvalue weighted by Crippen LogP contribution is -2.37. The van der Waals surface area contributed by atoms with E-state index < -0.39 is 0 Å². The number of anilines is 1. The Kier molecular flexibility index (Phi) is 3.65. The predicted octanol–water partition coefficient (Wildman–Crippen LogP) is 2.37. The lowest BCUT2D eigenvalue weighted by atomic mass is 10.0. The highest BCUT2D eigenvalue weighted by Gasteiger charge is 2.17. The maximum Gasteiger partial charge on any atom is 0.101 e. The Hall–Kier alpha value is -1.53. The first-order valence-electron chi connectivity index (χ1n) is 6.15. The van der Waals surface area contributed by atoms with Crippen LogP contribution in [-0.2, 0) is 0 Å². The Morgan fingerprint density at radius 1 is 1.35 bits per heavy atom. The van der Waals surface area contributed by atoms with Crippen LogP contribution >= 0.6 is 0 Å². The molecule has 0 unspecified atom stereocenters. The molecular formula is C14H19N3. The van der Waals surface area contributed by atoms with Gasteiger partial charge in [-0.05, 0) is 51.5 Å². The van der Waals surface area contributed by atoms with Crippen LogP contribution in [0.25, 0.3) is 0 Å². The third kappa shape index (κ3) is 2.78. The minimum Gasteiger partial charge on any atom is -0.381 e. The van der Waals surface area contributed by atoms with E-state index in [1.165, 1.54) is 0 Å². The summed E-state index contributed by atoms with van der Waals surface area (Å²) in [6.45, 7) is 4.31. The van der Waals surface area contributed by atoms with E-state index in [-0.39, 0.29) is 0 Å². The van der Waals surface area contributed by atoms with Crippen molar-refractivity contribution in [2.75, 3.05) is 25.5 Å². The molecule has 3 heteroatoms. The van der Waals surface area contributed by atoms with Gasteiger partial charge in [0.05, 0.1) is 11.3 Å².